The van der Waals surface area contributed by atoms with Crippen LogP contribution < -0.4 is 47.0 Å². The smallest absolute Gasteiger partial charge is 0.294 e. The topological polar surface area (TPSA) is 222 Å². The largest absolute Gasteiger partial charge is 0.744 e. The zero-order valence-electron chi connectivity index (χ0n) is 46.3. The molecule has 444 valence electrons. The summed E-state index contributed by atoms with van der Waals surface area (Å²) in [5.41, 5.74) is 2.14. The zero-order chi connectivity index (χ0) is 58.6. The molecule has 0 radical (unpaired) electrons. The van der Waals surface area contributed by atoms with Crippen molar-refractivity contribution in [3.8, 4) is 46.0 Å². The van der Waals surface area contributed by atoms with E-state index in [1.165, 1.54) is 24.3 Å². The Morgan fingerprint density at radius 1 is 0.452 bits per heavy atom. The molecule has 4 aromatic heterocycles. The maximum atomic E-state index is 10.7. The lowest BCUT2D eigenvalue weighted by Gasteiger charge is -2.16. The first kappa shape index (κ1) is 58.7. The Labute approximate surface area is 510 Å². The molecule has 2 unspecified atom stereocenters. The van der Waals surface area contributed by atoms with Crippen molar-refractivity contribution in [1.29, 1.82) is 0 Å². The van der Waals surface area contributed by atoms with E-state index in [0.717, 1.165) is 105 Å². The van der Waals surface area contributed by atoms with Crippen LogP contribution in [0.1, 0.15) is 83.0 Å². The minimum Gasteiger partial charge on any atom is -0.744 e. The third-order valence-corrected chi connectivity index (χ3v) is 23.7. The lowest BCUT2D eigenvalue weighted by Crippen LogP contribution is -2.19. The standard InChI is InChI=1S/C38H30O12S6.2C10H14O3S/c1-15-17-19(41-5-3-39-17)29(51-15)31-21-23(45-9-7-43-21)33(53-31)35-25-27(49-13-11-47-25)37(55-35)38-28-26(48-12-14-50-28)36(56-38)34-24-22(44-8-10-46-24)32(54-34)30-20-18(16(2)52-30)40-4-6-42-20;2*1-3-8(2)9-4-6-10(7-5-9)14(11,12)13/h3-14H2,1-2H3;2*4-8H,3H2,1-2H3,(H,11,12,13)/q+2;;/p-1/b35-33+,36-34+,38-37+;;. The molecule has 0 spiro atoms. The molecule has 8 aliphatic rings. The third-order valence-electron chi connectivity index (χ3n) is 14.5. The van der Waals surface area contributed by atoms with Gasteiger partial charge >= 0.3 is 0 Å². The molecule has 2 atom stereocenters. The van der Waals surface area contributed by atoms with Crippen LogP contribution in [0.4, 0.5) is 0 Å². The molecule has 14 rings (SSSR count). The molecule has 18 nitrogen and oxygen atoms in total. The second-order valence-corrected chi connectivity index (χ2v) is 29.2. The molecule has 12 heterocycles. The summed E-state index contributed by atoms with van der Waals surface area (Å²) in [6.07, 6.45) is 1.99. The molecule has 0 saturated carbocycles. The van der Waals surface area contributed by atoms with Gasteiger partial charge in [-0.15, -0.1) is 45.3 Å². The summed E-state index contributed by atoms with van der Waals surface area (Å²) in [7, 11) is -8.35. The van der Waals surface area contributed by atoms with E-state index >= 15 is 0 Å². The van der Waals surface area contributed by atoms with E-state index in [1.807, 2.05) is 0 Å². The highest BCUT2D eigenvalue weighted by atomic mass is 32.2. The molecule has 6 aromatic rings. The summed E-state index contributed by atoms with van der Waals surface area (Å²) in [4.78, 5) is 5.68. The van der Waals surface area contributed by atoms with Gasteiger partial charge in [-0.2, -0.15) is 8.42 Å². The average molecular weight is 1300 g/mol. The maximum Gasteiger partial charge on any atom is 0.294 e. The first-order valence-electron chi connectivity index (χ1n) is 27.1. The Bertz CT molecular complexity index is 3780. The molecule has 1 N–H and O–H groups in total. The fourth-order valence-corrected chi connectivity index (χ4v) is 18.3. The number of thiophene rings is 4. The van der Waals surface area contributed by atoms with E-state index in [4.69, 9.17) is 61.4 Å². The highest BCUT2D eigenvalue weighted by Crippen LogP contribution is 2.61. The molecule has 0 aliphatic carbocycles. The average Bonchev–Trinajstić information content (AvgIpc) is 2.04. The van der Waals surface area contributed by atoms with E-state index < -0.39 is 20.2 Å². The summed E-state index contributed by atoms with van der Waals surface area (Å²) in [5, 5.41) is 1.89. The summed E-state index contributed by atoms with van der Waals surface area (Å²) in [5.74, 6) is 9.43. The highest BCUT2D eigenvalue weighted by Gasteiger charge is 2.53. The van der Waals surface area contributed by atoms with Crippen LogP contribution in [0, 0.1) is 33.4 Å². The van der Waals surface area contributed by atoms with Gasteiger partial charge in [0.15, 0.2) is 33.5 Å². The maximum absolute atomic E-state index is 10.7. The first-order valence-corrected chi connectivity index (χ1v) is 34.9. The minimum absolute atomic E-state index is 0.0513. The van der Waals surface area contributed by atoms with Crippen molar-refractivity contribution in [2.75, 3.05) is 79.3 Å². The predicted molar refractivity (Wildman–Crippen MR) is 320 cm³/mol. The molecule has 0 saturated heterocycles. The van der Waals surface area contributed by atoms with Gasteiger partial charge in [-0.1, -0.05) is 52.0 Å². The molecule has 8 aliphatic heterocycles. The summed E-state index contributed by atoms with van der Waals surface area (Å²) >= 11 is 9.69. The fraction of sp³-hybridized carbons (Fsp3) is 0.379. The van der Waals surface area contributed by atoms with E-state index in [0.29, 0.717) is 137 Å². The van der Waals surface area contributed by atoms with Crippen molar-refractivity contribution in [3.05, 3.63) is 131 Å². The number of aryl methyl sites for hydroxylation is 2. The number of ether oxygens (including phenoxy) is 12. The second kappa shape index (κ2) is 24.2. The monoisotopic (exact) mass is 1300 g/mol. The van der Waals surface area contributed by atoms with Crippen molar-refractivity contribution >= 4 is 98.9 Å². The van der Waals surface area contributed by atoms with Crippen molar-refractivity contribution in [1.82, 2.24) is 0 Å². The van der Waals surface area contributed by atoms with E-state index in [2.05, 4.69) is 41.5 Å². The van der Waals surface area contributed by atoms with Crippen molar-refractivity contribution in [3.63, 3.8) is 0 Å². The van der Waals surface area contributed by atoms with Gasteiger partial charge in [0.25, 0.3) is 44.7 Å². The van der Waals surface area contributed by atoms with Crippen LogP contribution in [0.2, 0.25) is 0 Å². The second-order valence-electron chi connectivity index (χ2n) is 19.8. The van der Waals surface area contributed by atoms with Crippen LogP contribution in [0.3, 0.4) is 0 Å². The summed E-state index contributed by atoms with van der Waals surface area (Å²) in [6.45, 7) is 17.9. The third kappa shape index (κ3) is 11.2. The lowest BCUT2D eigenvalue weighted by atomic mass is 9.99. The van der Waals surface area contributed by atoms with Crippen molar-refractivity contribution < 1.29 is 82.8 Å². The van der Waals surface area contributed by atoms with Crippen LogP contribution in [0.25, 0.3) is 9.81 Å². The number of benzene rings is 2. The van der Waals surface area contributed by atoms with E-state index in [-0.39, 0.29) is 9.79 Å². The van der Waals surface area contributed by atoms with Crippen LogP contribution in [0.15, 0.2) is 81.4 Å². The van der Waals surface area contributed by atoms with Gasteiger partial charge in [-0.25, -0.2) is 8.42 Å². The Hall–Kier alpha value is -5.68. The fourth-order valence-electron chi connectivity index (χ4n) is 9.89. The van der Waals surface area contributed by atoms with Crippen LogP contribution in [-0.2, 0) is 39.2 Å². The van der Waals surface area contributed by atoms with Gasteiger partial charge < -0.3 is 61.4 Å². The van der Waals surface area contributed by atoms with Gasteiger partial charge in [0.1, 0.15) is 108 Å². The molecule has 2 aromatic carbocycles. The van der Waals surface area contributed by atoms with Gasteiger partial charge in [0.2, 0.25) is 21.3 Å². The van der Waals surface area contributed by atoms with Gasteiger partial charge in [0, 0.05) is 23.5 Å². The van der Waals surface area contributed by atoms with Crippen molar-refractivity contribution in [2.45, 2.75) is 76.0 Å². The molecule has 26 heteroatoms. The van der Waals surface area contributed by atoms with Gasteiger partial charge in [0.05, 0.1) is 28.6 Å². The Kier molecular flexibility index (Phi) is 16.9. The molecular formula is C58H57O18S8+. The van der Waals surface area contributed by atoms with E-state index in [1.54, 1.807) is 93.1 Å². The van der Waals surface area contributed by atoms with Gasteiger partial charge in [-0.3, -0.25) is 4.55 Å². The Morgan fingerprint density at radius 3 is 1.13 bits per heavy atom. The summed E-state index contributed by atoms with van der Waals surface area (Å²) in [6, 6.07) is 12.4. The SMILES string of the molecule is CCC(C)c1ccc(S(=O)(=O)O)cc1.CCC(C)c1ccc(S(=O)(=O)[O-])cc1.Cc1sc([C+]2S/C(=c3/s/c(=c4/s/c(=C5/S[C+](c6sc(C)c7c6OCCO7)C6=C5OCCO6)c5c4OCCO5)c4c3OCCO4)C3=C2OCCO3)c2c1OCCO2. The molecule has 0 fully saturated rings. The highest BCUT2D eigenvalue weighted by molar-refractivity contribution is 8.12. The molecule has 0 amide bonds. The number of hydrogen-bond acceptors (Lipinski definition) is 23. The number of fused-ring (bicyclic) bond motifs is 4. The van der Waals surface area contributed by atoms with Crippen molar-refractivity contribution in [2.24, 2.45) is 0 Å². The quantitative estimate of drug-likeness (QED) is 0.110. The lowest BCUT2D eigenvalue weighted by molar-refractivity contribution is 0.0771. The normalized spacial score (nSPS) is 20.0. The summed E-state index contributed by atoms with van der Waals surface area (Å²) < 4.78 is 141. The molecule has 84 heavy (non-hydrogen) atoms. The van der Waals surface area contributed by atoms with E-state index in [9.17, 15) is 21.4 Å². The van der Waals surface area contributed by atoms with Crippen LogP contribution >= 0.6 is 68.9 Å². The minimum atomic E-state index is -4.30. The predicted octanol–water partition coefficient (Wildman–Crippen LogP) is 10.9. The number of thioether (sulfide) groups is 2. The molecular weight excluding hydrogens is 1240 g/mol. The zero-order valence-corrected chi connectivity index (χ0v) is 52.9. The van der Waals surface area contributed by atoms with Crippen LogP contribution in [-0.4, -0.2) is 105 Å². The van der Waals surface area contributed by atoms with Gasteiger partial charge in [-0.05, 0) is 73.9 Å². The Morgan fingerprint density at radius 2 is 0.774 bits per heavy atom. The number of hydrogen-bond donors (Lipinski definition) is 1. The number of rotatable bonds is 8. The van der Waals surface area contributed by atoms with Crippen LogP contribution in [0.5, 0.6) is 46.0 Å². The first-order chi connectivity index (χ1) is 40.5. The Balaban J connectivity index is 0.000000204. The molecule has 0 bridgehead atoms.